The predicted molar refractivity (Wildman–Crippen MR) is 98.3 cm³/mol. The fourth-order valence-corrected chi connectivity index (χ4v) is 3.44. The first kappa shape index (κ1) is 17.7. The van der Waals surface area contributed by atoms with Crippen molar-refractivity contribution >= 4 is 11.9 Å². The topological polar surface area (TPSA) is 74.8 Å². The molecule has 2 aliphatic heterocycles. The van der Waals surface area contributed by atoms with Gasteiger partial charge in [-0.3, -0.25) is 9.79 Å². The van der Waals surface area contributed by atoms with Crippen LogP contribution in [0, 0.1) is 0 Å². The highest BCUT2D eigenvalue weighted by molar-refractivity contribution is 5.81. The smallest absolute Gasteiger partial charge is 0.222 e. The Kier molecular flexibility index (Phi) is 6.28. The second-order valence-electron chi connectivity index (χ2n) is 6.63. The number of carbonyl (C=O) groups excluding carboxylic acids is 1. The molecule has 136 valence electrons. The molecule has 2 fully saturated rings. The highest BCUT2D eigenvalue weighted by Crippen LogP contribution is 2.34. The lowest BCUT2D eigenvalue weighted by Crippen LogP contribution is -2.47. The van der Waals surface area contributed by atoms with Crippen molar-refractivity contribution in [2.24, 2.45) is 4.99 Å². The van der Waals surface area contributed by atoms with Gasteiger partial charge in [-0.25, -0.2) is 0 Å². The van der Waals surface area contributed by atoms with Crippen LogP contribution >= 0.6 is 0 Å². The number of hydrogen-bond donors (Lipinski definition) is 3. The Morgan fingerprint density at radius 2 is 2.08 bits per heavy atom. The average molecular weight is 344 g/mol. The molecule has 0 aliphatic carbocycles. The standard InChI is InChI=1S/C19H28N4O2/c1-2-20-19(23-16-12-15-8-9-17(16)25-15)21-11-10-18(24)22-13-14-6-4-3-5-7-14/h3-7,15-17H,2,8-13H2,1H3,(H,22,24)(H2,20,21,23). The van der Waals surface area contributed by atoms with E-state index in [1.54, 1.807) is 0 Å². The summed E-state index contributed by atoms with van der Waals surface area (Å²) in [5.74, 6) is 0.797. The molecule has 2 heterocycles. The molecule has 0 saturated carbocycles. The fourth-order valence-electron chi connectivity index (χ4n) is 3.44. The molecule has 3 rings (SSSR count). The van der Waals surface area contributed by atoms with Crippen molar-refractivity contribution in [2.75, 3.05) is 13.1 Å². The maximum Gasteiger partial charge on any atom is 0.222 e. The molecule has 1 amide bonds. The monoisotopic (exact) mass is 344 g/mol. The number of amides is 1. The maximum atomic E-state index is 12.0. The van der Waals surface area contributed by atoms with Crippen LogP contribution < -0.4 is 16.0 Å². The molecule has 3 N–H and O–H groups in total. The lowest BCUT2D eigenvalue weighted by molar-refractivity contribution is -0.121. The van der Waals surface area contributed by atoms with Gasteiger partial charge in [-0.1, -0.05) is 30.3 Å². The van der Waals surface area contributed by atoms with Gasteiger partial charge in [0.2, 0.25) is 5.91 Å². The van der Waals surface area contributed by atoms with E-state index in [-0.39, 0.29) is 5.91 Å². The Bertz CT molecular complexity index is 590. The van der Waals surface area contributed by atoms with E-state index in [0.29, 0.717) is 37.8 Å². The summed E-state index contributed by atoms with van der Waals surface area (Å²) in [5, 5.41) is 9.65. The molecular formula is C19H28N4O2. The number of hydrogen-bond acceptors (Lipinski definition) is 3. The number of aliphatic imine (C=N–C) groups is 1. The number of nitrogens with one attached hydrogen (secondary N) is 3. The first-order valence-electron chi connectivity index (χ1n) is 9.25. The Morgan fingerprint density at radius 3 is 2.76 bits per heavy atom. The van der Waals surface area contributed by atoms with E-state index in [9.17, 15) is 4.79 Å². The number of fused-ring (bicyclic) bond motifs is 2. The summed E-state index contributed by atoms with van der Waals surface area (Å²) in [6, 6.07) is 10.3. The first-order chi connectivity index (χ1) is 12.2. The van der Waals surface area contributed by atoms with Crippen LogP contribution in [-0.4, -0.2) is 43.2 Å². The average Bonchev–Trinajstić information content (AvgIpc) is 3.24. The van der Waals surface area contributed by atoms with Gasteiger partial charge in [0.05, 0.1) is 24.8 Å². The zero-order valence-electron chi connectivity index (χ0n) is 14.8. The summed E-state index contributed by atoms with van der Waals surface area (Å²) in [7, 11) is 0. The van der Waals surface area contributed by atoms with Gasteiger partial charge in [0.25, 0.3) is 0 Å². The second kappa shape index (κ2) is 8.85. The van der Waals surface area contributed by atoms with Crippen molar-refractivity contribution < 1.29 is 9.53 Å². The van der Waals surface area contributed by atoms with Crippen LogP contribution in [0.3, 0.4) is 0 Å². The normalized spacial score (nSPS) is 25.0. The maximum absolute atomic E-state index is 12.0. The molecule has 6 heteroatoms. The summed E-state index contributed by atoms with van der Waals surface area (Å²) < 4.78 is 5.87. The third-order valence-electron chi connectivity index (χ3n) is 4.71. The second-order valence-corrected chi connectivity index (χ2v) is 6.63. The van der Waals surface area contributed by atoms with E-state index in [1.165, 1.54) is 6.42 Å². The SMILES string of the molecule is CCNC(=NCCC(=O)NCc1ccccc1)NC1CC2CCC1O2. The van der Waals surface area contributed by atoms with Gasteiger partial charge in [0, 0.05) is 19.5 Å². The van der Waals surface area contributed by atoms with Crippen LogP contribution in [0.1, 0.15) is 38.2 Å². The van der Waals surface area contributed by atoms with Gasteiger partial charge in [0.15, 0.2) is 5.96 Å². The summed E-state index contributed by atoms with van der Waals surface area (Å²) in [6.07, 6.45) is 4.46. The van der Waals surface area contributed by atoms with Crippen molar-refractivity contribution in [3.8, 4) is 0 Å². The van der Waals surface area contributed by atoms with Crippen LogP contribution in [0.25, 0.3) is 0 Å². The summed E-state index contributed by atoms with van der Waals surface area (Å²) in [5.41, 5.74) is 1.10. The van der Waals surface area contributed by atoms with Crippen LogP contribution in [-0.2, 0) is 16.1 Å². The lowest BCUT2D eigenvalue weighted by atomic mass is 9.96. The molecule has 1 aromatic carbocycles. The summed E-state index contributed by atoms with van der Waals surface area (Å²) >= 11 is 0. The van der Waals surface area contributed by atoms with E-state index in [0.717, 1.165) is 30.9 Å². The van der Waals surface area contributed by atoms with Crippen molar-refractivity contribution in [2.45, 2.75) is 57.4 Å². The number of ether oxygens (including phenoxy) is 1. The molecule has 2 saturated heterocycles. The molecule has 2 bridgehead atoms. The van der Waals surface area contributed by atoms with Crippen molar-refractivity contribution in [3.05, 3.63) is 35.9 Å². The Hall–Kier alpha value is -2.08. The van der Waals surface area contributed by atoms with Gasteiger partial charge < -0.3 is 20.7 Å². The van der Waals surface area contributed by atoms with Crippen LogP contribution in [0.2, 0.25) is 0 Å². The Labute approximate surface area is 149 Å². The number of carbonyl (C=O) groups is 1. The van der Waals surface area contributed by atoms with Gasteiger partial charge in [0.1, 0.15) is 0 Å². The Balaban J connectivity index is 1.41. The van der Waals surface area contributed by atoms with Crippen molar-refractivity contribution in [1.82, 2.24) is 16.0 Å². The van der Waals surface area contributed by atoms with Crippen LogP contribution in [0.5, 0.6) is 0 Å². The van der Waals surface area contributed by atoms with Crippen LogP contribution in [0.15, 0.2) is 35.3 Å². The van der Waals surface area contributed by atoms with Gasteiger partial charge in [-0.15, -0.1) is 0 Å². The van der Waals surface area contributed by atoms with Gasteiger partial charge >= 0.3 is 0 Å². The van der Waals surface area contributed by atoms with Gasteiger partial charge in [-0.05, 0) is 31.7 Å². The number of nitrogens with zero attached hydrogens (tertiary/aromatic N) is 1. The molecule has 3 unspecified atom stereocenters. The zero-order valence-corrected chi connectivity index (χ0v) is 14.8. The van der Waals surface area contributed by atoms with E-state index < -0.39 is 0 Å². The van der Waals surface area contributed by atoms with Crippen molar-refractivity contribution in [3.63, 3.8) is 0 Å². The molecule has 3 atom stereocenters. The van der Waals surface area contributed by atoms with Gasteiger partial charge in [-0.2, -0.15) is 0 Å². The third kappa shape index (κ3) is 5.19. The molecule has 0 radical (unpaired) electrons. The summed E-state index contributed by atoms with van der Waals surface area (Å²) in [6.45, 7) is 3.87. The number of guanidine groups is 1. The molecule has 0 aromatic heterocycles. The number of benzene rings is 1. The molecule has 0 spiro atoms. The highest BCUT2D eigenvalue weighted by Gasteiger charge is 2.41. The third-order valence-corrected chi connectivity index (χ3v) is 4.71. The predicted octanol–water partition coefficient (Wildman–Crippen LogP) is 1.57. The molecule has 1 aromatic rings. The fraction of sp³-hybridized carbons (Fsp3) is 0.579. The van der Waals surface area contributed by atoms with E-state index >= 15 is 0 Å². The first-order valence-corrected chi connectivity index (χ1v) is 9.25. The van der Waals surface area contributed by atoms with E-state index in [2.05, 4.69) is 20.9 Å². The minimum Gasteiger partial charge on any atom is -0.373 e. The zero-order chi connectivity index (χ0) is 17.5. The molecule has 6 nitrogen and oxygen atoms in total. The molecule has 2 aliphatic rings. The highest BCUT2D eigenvalue weighted by atomic mass is 16.5. The molecular weight excluding hydrogens is 316 g/mol. The van der Waals surface area contributed by atoms with Crippen LogP contribution in [0.4, 0.5) is 0 Å². The largest absolute Gasteiger partial charge is 0.373 e. The molecule has 25 heavy (non-hydrogen) atoms. The summed E-state index contributed by atoms with van der Waals surface area (Å²) in [4.78, 5) is 16.5. The van der Waals surface area contributed by atoms with E-state index in [4.69, 9.17) is 4.74 Å². The minimum absolute atomic E-state index is 0.0201. The van der Waals surface area contributed by atoms with E-state index in [1.807, 2.05) is 37.3 Å². The quantitative estimate of drug-likeness (QED) is 0.518. The number of rotatable bonds is 7. The Morgan fingerprint density at radius 1 is 1.24 bits per heavy atom. The van der Waals surface area contributed by atoms with Crippen molar-refractivity contribution in [1.29, 1.82) is 0 Å². The minimum atomic E-state index is 0.0201. The lowest BCUT2D eigenvalue weighted by Gasteiger charge is -2.22.